The molecule has 0 radical (unpaired) electrons. The number of nitrogens with one attached hydrogen (secondary N) is 1. The van der Waals surface area contributed by atoms with Crippen LogP contribution in [0.1, 0.15) is 27.7 Å². The van der Waals surface area contributed by atoms with Crippen LogP contribution in [0.5, 0.6) is 0 Å². The number of hydrogen-bond donors (Lipinski definition) is 2. The molecule has 0 spiro atoms. The topological polar surface area (TPSA) is 69.6 Å². The van der Waals surface area contributed by atoms with Crippen molar-refractivity contribution in [3.05, 3.63) is 0 Å². The molecular formula is C10H20N2O3. The van der Waals surface area contributed by atoms with Crippen LogP contribution < -0.4 is 5.32 Å². The molecule has 5 nitrogen and oxygen atoms in total. The fourth-order valence-electron chi connectivity index (χ4n) is 1.19. The maximum absolute atomic E-state index is 10.9. The molecule has 15 heavy (non-hydrogen) atoms. The zero-order chi connectivity index (χ0) is 12.2. The molecule has 0 heterocycles. The molecule has 88 valence electrons. The molecule has 0 aromatic carbocycles. The summed E-state index contributed by atoms with van der Waals surface area (Å²) >= 11 is 0. The summed E-state index contributed by atoms with van der Waals surface area (Å²) in [5, 5.41) is 11.7. The molecule has 0 unspecified atom stereocenters. The van der Waals surface area contributed by atoms with Gasteiger partial charge in [0.1, 0.15) is 5.54 Å². The van der Waals surface area contributed by atoms with E-state index in [9.17, 15) is 9.59 Å². The minimum absolute atomic E-state index is 0.0638. The zero-order valence-corrected chi connectivity index (χ0v) is 10.00. The fraction of sp³-hybridized carbons (Fsp3) is 0.800. The second-order valence-electron chi connectivity index (χ2n) is 4.35. The van der Waals surface area contributed by atoms with Gasteiger partial charge in [-0.3, -0.25) is 14.5 Å². The molecule has 0 saturated heterocycles. The van der Waals surface area contributed by atoms with Crippen LogP contribution in [-0.2, 0) is 9.59 Å². The molecule has 0 rings (SSSR count). The fourth-order valence-corrected chi connectivity index (χ4v) is 1.19. The average molecular weight is 216 g/mol. The third-order valence-electron chi connectivity index (χ3n) is 2.48. The van der Waals surface area contributed by atoms with E-state index in [2.05, 4.69) is 5.32 Å². The van der Waals surface area contributed by atoms with Crippen LogP contribution in [0.25, 0.3) is 0 Å². The lowest BCUT2D eigenvalue weighted by Crippen LogP contribution is -2.52. The highest BCUT2D eigenvalue weighted by molar-refractivity contribution is 5.77. The smallest absolute Gasteiger partial charge is 0.323 e. The van der Waals surface area contributed by atoms with Gasteiger partial charge in [0.15, 0.2) is 0 Å². The molecule has 0 aromatic heterocycles. The Labute approximate surface area is 90.5 Å². The molecule has 0 aliphatic heterocycles. The van der Waals surface area contributed by atoms with Gasteiger partial charge in [-0.05, 0) is 27.8 Å². The monoisotopic (exact) mass is 216 g/mol. The lowest BCUT2D eigenvalue weighted by molar-refractivity contribution is -0.148. The molecular weight excluding hydrogens is 196 g/mol. The second kappa shape index (κ2) is 5.11. The summed E-state index contributed by atoms with van der Waals surface area (Å²) in [4.78, 5) is 23.4. The number of amides is 1. The molecule has 5 heteroatoms. The molecule has 2 N–H and O–H groups in total. The quantitative estimate of drug-likeness (QED) is 0.693. The van der Waals surface area contributed by atoms with Crippen molar-refractivity contribution in [1.82, 2.24) is 10.2 Å². The number of rotatable bonds is 5. The van der Waals surface area contributed by atoms with E-state index in [1.807, 2.05) is 6.92 Å². The molecule has 0 fully saturated rings. The Bertz CT molecular complexity index is 251. The van der Waals surface area contributed by atoms with Crippen LogP contribution in [0.15, 0.2) is 0 Å². The Morgan fingerprint density at radius 2 is 1.93 bits per heavy atom. The Balaban J connectivity index is 4.29. The number of likely N-dealkylation sites (N-methyl/N-ethyl adjacent to an activating group) is 1. The first-order valence-electron chi connectivity index (χ1n) is 4.89. The summed E-state index contributed by atoms with van der Waals surface area (Å²) in [5.41, 5.74) is -0.924. The summed E-state index contributed by atoms with van der Waals surface area (Å²) in [7, 11) is 1.73. The summed E-state index contributed by atoms with van der Waals surface area (Å²) in [6.45, 7) is 7.05. The summed E-state index contributed by atoms with van der Waals surface area (Å²) in [6.07, 6.45) is 0. The zero-order valence-electron chi connectivity index (χ0n) is 10.00. The summed E-state index contributed by atoms with van der Waals surface area (Å²) in [5.74, 6) is -0.982. The maximum Gasteiger partial charge on any atom is 0.323 e. The van der Waals surface area contributed by atoms with Crippen LogP contribution in [0, 0.1) is 0 Å². The predicted octanol–water partition coefficient (Wildman–Crippen LogP) is 0.306. The minimum Gasteiger partial charge on any atom is -0.480 e. The molecule has 0 bridgehead atoms. The molecule has 0 aliphatic carbocycles. The van der Waals surface area contributed by atoms with Crippen LogP contribution in [0.2, 0.25) is 0 Å². The Hall–Kier alpha value is -1.10. The Morgan fingerprint density at radius 3 is 2.27 bits per heavy atom. The molecule has 0 aromatic rings. The predicted molar refractivity (Wildman–Crippen MR) is 57.6 cm³/mol. The average Bonchev–Trinajstić information content (AvgIpc) is 2.01. The van der Waals surface area contributed by atoms with Gasteiger partial charge < -0.3 is 10.4 Å². The van der Waals surface area contributed by atoms with Crippen LogP contribution in [-0.4, -0.2) is 47.1 Å². The molecule has 0 aliphatic rings. The van der Waals surface area contributed by atoms with Crippen LogP contribution >= 0.6 is 0 Å². The molecule has 1 amide bonds. The molecule has 1 atom stereocenters. The van der Waals surface area contributed by atoms with E-state index in [0.717, 1.165) is 0 Å². The van der Waals surface area contributed by atoms with Crippen molar-refractivity contribution in [2.75, 3.05) is 13.6 Å². The highest BCUT2D eigenvalue weighted by atomic mass is 16.4. The maximum atomic E-state index is 10.9. The first-order chi connectivity index (χ1) is 6.67. The van der Waals surface area contributed by atoms with E-state index in [1.165, 1.54) is 6.92 Å². The van der Waals surface area contributed by atoms with Crippen molar-refractivity contribution in [2.45, 2.75) is 39.3 Å². The van der Waals surface area contributed by atoms with Crippen molar-refractivity contribution < 1.29 is 14.7 Å². The first kappa shape index (κ1) is 13.9. The van der Waals surface area contributed by atoms with Gasteiger partial charge in [0, 0.05) is 19.5 Å². The van der Waals surface area contributed by atoms with Gasteiger partial charge in [0.2, 0.25) is 5.91 Å². The summed E-state index contributed by atoms with van der Waals surface area (Å²) in [6, 6.07) is -0.0638. The third kappa shape index (κ3) is 4.29. The number of nitrogens with zero attached hydrogens (tertiary/aromatic N) is 1. The standard InChI is InChI=1S/C10H20N2O3/c1-7(11-8(2)13)6-12(5)10(3,4)9(14)15/h7H,6H2,1-5H3,(H,11,13)(H,14,15)/t7-/m0/s1. The number of hydrogen-bond acceptors (Lipinski definition) is 3. The third-order valence-corrected chi connectivity index (χ3v) is 2.48. The highest BCUT2D eigenvalue weighted by Gasteiger charge is 2.32. The van der Waals surface area contributed by atoms with Gasteiger partial charge in [-0.1, -0.05) is 0 Å². The van der Waals surface area contributed by atoms with E-state index in [0.29, 0.717) is 6.54 Å². The van der Waals surface area contributed by atoms with Crippen molar-refractivity contribution in [2.24, 2.45) is 0 Å². The number of carboxylic acid groups (broad SMARTS) is 1. The second-order valence-corrected chi connectivity index (χ2v) is 4.35. The number of carbonyl (C=O) groups excluding carboxylic acids is 1. The largest absolute Gasteiger partial charge is 0.480 e. The van der Waals surface area contributed by atoms with E-state index < -0.39 is 11.5 Å². The molecule has 0 saturated carbocycles. The van der Waals surface area contributed by atoms with E-state index in [-0.39, 0.29) is 11.9 Å². The van der Waals surface area contributed by atoms with Crippen molar-refractivity contribution in [3.8, 4) is 0 Å². The van der Waals surface area contributed by atoms with Gasteiger partial charge in [0.25, 0.3) is 0 Å². The normalized spacial score (nSPS) is 13.7. The van der Waals surface area contributed by atoms with Gasteiger partial charge in [-0.2, -0.15) is 0 Å². The van der Waals surface area contributed by atoms with Crippen LogP contribution in [0.4, 0.5) is 0 Å². The Morgan fingerprint density at radius 1 is 1.47 bits per heavy atom. The van der Waals surface area contributed by atoms with Crippen molar-refractivity contribution >= 4 is 11.9 Å². The van der Waals surface area contributed by atoms with E-state index in [4.69, 9.17) is 5.11 Å². The first-order valence-corrected chi connectivity index (χ1v) is 4.89. The summed E-state index contributed by atoms with van der Waals surface area (Å²) < 4.78 is 0. The van der Waals surface area contributed by atoms with Gasteiger partial charge in [-0.25, -0.2) is 0 Å². The highest BCUT2D eigenvalue weighted by Crippen LogP contribution is 2.12. The van der Waals surface area contributed by atoms with Crippen LogP contribution in [0.3, 0.4) is 0 Å². The number of aliphatic carboxylic acids is 1. The van der Waals surface area contributed by atoms with E-state index >= 15 is 0 Å². The number of carboxylic acids is 1. The minimum atomic E-state index is -0.924. The SMILES string of the molecule is CC(=O)N[C@@H](C)CN(C)C(C)(C)C(=O)O. The van der Waals surface area contributed by atoms with Gasteiger partial charge >= 0.3 is 5.97 Å². The lowest BCUT2D eigenvalue weighted by Gasteiger charge is -2.33. The lowest BCUT2D eigenvalue weighted by atomic mass is 10.0. The van der Waals surface area contributed by atoms with Crippen molar-refractivity contribution in [3.63, 3.8) is 0 Å². The van der Waals surface area contributed by atoms with Gasteiger partial charge in [-0.15, -0.1) is 0 Å². The number of carbonyl (C=O) groups is 2. The van der Waals surface area contributed by atoms with Gasteiger partial charge in [0.05, 0.1) is 0 Å². The van der Waals surface area contributed by atoms with E-state index in [1.54, 1.807) is 25.8 Å². The Kier molecular flexibility index (Phi) is 4.74. The van der Waals surface area contributed by atoms with Crippen molar-refractivity contribution in [1.29, 1.82) is 0 Å².